The molecule has 1 aromatic rings. The van der Waals surface area contributed by atoms with Gasteiger partial charge in [0, 0.05) is 40.3 Å². The molecule has 1 fully saturated rings. The van der Waals surface area contributed by atoms with Crippen LogP contribution in [0.4, 0.5) is 11.4 Å². The molecule has 0 radical (unpaired) electrons. The first-order chi connectivity index (χ1) is 9.59. The summed E-state index contributed by atoms with van der Waals surface area (Å²) < 4.78 is 0. The van der Waals surface area contributed by atoms with Crippen molar-refractivity contribution in [3.63, 3.8) is 0 Å². The summed E-state index contributed by atoms with van der Waals surface area (Å²) in [4.78, 5) is 16.6. The summed E-state index contributed by atoms with van der Waals surface area (Å²) in [6, 6.07) is 7.76. The zero-order valence-electron chi connectivity index (χ0n) is 12.5. The van der Waals surface area contributed by atoms with Gasteiger partial charge in [0.15, 0.2) is 0 Å². The van der Waals surface area contributed by atoms with Crippen LogP contribution < -0.4 is 15.5 Å². The first-order valence-electron chi connectivity index (χ1n) is 7.11. The Morgan fingerprint density at radius 3 is 2.60 bits per heavy atom. The predicted molar refractivity (Wildman–Crippen MR) is 83.3 cm³/mol. The fraction of sp³-hybridized carbons (Fsp3) is 0.533. The topological polar surface area (TPSA) is 47.6 Å². The van der Waals surface area contributed by atoms with E-state index in [-0.39, 0.29) is 11.9 Å². The first-order valence-corrected chi connectivity index (χ1v) is 7.11. The number of hydrogen-bond donors (Lipinski definition) is 2. The Hall–Kier alpha value is -1.59. The molecule has 1 atom stereocenters. The van der Waals surface area contributed by atoms with E-state index in [9.17, 15) is 4.79 Å². The van der Waals surface area contributed by atoms with Crippen LogP contribution in [0.25, 0.3) is 0 Å². The van der Waals surface area contributed by atoms with Crippen LogP contribution in [0, 0.1) is 0 Å². The van der Waals surface area contributed by atoms with Crippen molar-refractivity contribution < 1.29 is 4.79 Å². The fourth-order valence-corrected chi connectivity index (χ4v) is 2.44. The summed E-state index contributed by atoms with van der Waals surface area (Å²) in [5.41, 5.74) is 1.89. The van der Waals surface area contributed by atoms with Crippen LogP contribution in [-0.2, 0) is 4.79 Å². The average molecular weight is 276 g/mol. The van der Waals surface area contributed by atoms with Crippen LogP contribution in [0.15, 0.2) is 24.3 Å². The lowest BCUT2D eigenvalue weighted by Crippen LogP contribution is -2.51. The van der Waals surface area contributed by atoms with Crippen molar-refractivity contribution in [2.24, 2.45) is 0 Å². The second-order valence-corrected chi connectivity index (χ2v) is 5.36. The van der Waals surface area contributed by atoms with E-state index in [0.29, 0.717) is 0 Å². The van der Waals surface area contributed by atoms with Gasteiger partial charge in [-0.15, -0.1) is 0 Å². The van der Waals surface area contributed by atoms with E-state index in [1.807, 2.05) is 50.2 Å². The number of piperazine rings is 1. The van der Waals surface area contributed by atoms with Gasteiger partial charge in [-0.1, -0.05) is 12.1 Å². The highest BCUT2D eigenvalue weighted by molar-refractivity contribution is 5.97. The fourth-order valence-electron chi connectivity index (χ4n) is 2.44. The highest BCUT2D eigenvalue weighted by Gasteiger charge is 2.23. The summed E-state index contributed by atoms with van der Waals surface area (Å²) in [5.74, 6) is 0.0567. The van der Waals surface area contributed by atoms with Crippen molar-refractivity contribution in [1.82, 2.24) is 10.2 Å². The van der Waals surface area contributed by atoms with Crippen molar-refractivity contribution in [2.75, 3.05) is 50.5 Å². The van der Waals surface area contributed by atoms with Crippen LogP contribution in [0.5, 0.6) is 0 Å². The lowest BCUT2D eigenvalue weighted by Gasteiger charge is -2.32. The number of nitrogens with one attached hydrogen (secondary N) is 2. The Labute approximate surface area is 120 Å². The minimum absolute atomic E-state index is 0.0567. The maximum atomic E-state index is 12.4. The molecule has 0 aliphatic carbocycles. The van der Waals surface area contributed by atoms with Crippen molar-refractivity contribution in [2.45, 2.75) is 13.0 Å². The lowest BCUT2D eigenvalue weighted by atomic mass is 10.2. The van der Waals surface area contributed by atoms with E-state index < -0.39 is 0 Å². The normalized spacial score (nSPS) is 17.6. The van der Waals surface area contributed by atoms with Crippen molar-refractivity contribution in [3.8, 4) is 0 Å². The van der Waals surface area contributed by atoms with Gasteiger partial charge in [0.1, 0.15) is 0 Å². The molecule has 5 heteroatoms. The Morgan fingerprint density at radius 1 is 1.30 bits per heavy atom. The van der Waals surface area contributed by atoms with Gasteiger partial charge in [0.2, 0.25) is 5.91 Å². The van der Waals surface area contributed by atoms with E-state index in [2.05, 4.69) is 15.5 Å². The zero-order valence-corrected chi connectivity index (χ0v) is 12.5. The number of carbonyl (C=O) groups is 1. The van der Waals surface area contributed by atoms with Gasteiger partial charge in [-0.05, 0) is 19.1 Å². The number of para-hydroxylation sites is 2. The van der Waals surface area contributed by atoms with Gasteiger partial charge in [0.05, 0.1) is 17.4 Å². The summed E-state index contributed by atoms with van der Waals surface area (Å²) >= 11 is 0. The number of rotatable bonds is 4. The molecule has 0 aromatic heterocycles. The maximum Gasteiger partial charge on any atom is 0.241 e. The van der Waals surface area contributed by atoms with E-state index >= 15 is 0 Å². The number of anilines is 2. The minimum Gasteiger partial charge on any atom is -0.376 e. The van der Waals surface area contributed by atoms with Gasteiger partial charge in [-0.2, -0.15) is 0 Å². The zero-order chi connectivity index (χ0) is 14.5. The Bertz CT molecular complexity index is 455. The summed E-state index contributed by atoms with van der Waals surface area (Å²) in [6.45, 7) is 5.71. The third kappa shape index (κ3) is 3.49. The van der Waals surface area contributed by atoms with Crippen LogP contribution in [0.1, 0.15) is 6.92 Å². The standard InChI is InChI=1S/C15H24N4O/c1-12(19-10-8-16-9-11-19)15(20)17-13-6-4-5-7-14(13)18(2)3/h4-7,12,16H,8-11H2,1-3H3,(H,17,20). The molecule has 0 spiro atoms. The highest BCUT2D eigenvalue weighted by atomic mass is 16.2. The largest absolute Gasteiger partial charge is 0.376 e. The SMILES string of the molecule is CC(C(=O)Nc1ccccc1N(C)C)N1CCNCC1. The monoisotopic (exact) mass is 276 g/mol. The number of amides is 1. The maximum absolute atomic E-state index is 12.4. The minimum atomic E-state index is -0.104. The van der Waals surface area contributed by atoms with E-state index in [0.717, 1.165) is 37.6 Å². The molecule has 2 rings (SSSR count). The van der Waals surface area contributed by atoms with Gasteiger partial charge >= 0.3 is 0 Å². The summed E-state index contributed by atoms with van der Waals surface area (Å²) in [5, 5.41) is 6.35. The third-order valence-corrected chi connectivity index (χ3v) is 3.72. The number of nitrogens with zero attached hydrogens (tertiary/aromatic N) is 2. The molecule has 1 aliphatic rings. The molecule has 0 saturated carbocycles. The van der Waals surface area contributed by atoms with E-state index in [4.69, 9.17) is 0 Å². The molecule has 1 saturated heterocycles. The molecular formula is C15H24N4O. The molecule has 110 valence electrons. The van der Waals surface area contributed by atoms with Crippen molar-refractivity contribution in [1.29, 1.82) is 0 Å². The third-order valence-electron chi connectivity index (χ3n) is 3.72. The number of benzene rings is 1. The van der Waals surface area contributed by atoms with Gasteiger partial charge < -0.3 is 15.5 Å². The molecular weight excluding hydrogens is 252 g/mol. The molecule has 1 heterocycles. The summed E-state index contributed by atoms with van der Waals surface area (Å²) in [6.07, 6.45) is 0. The second-order valence-electron chi connectivity index (χ2n) is 5.36. The van der Waals surface area contributed by atoms with Crippen molar-refractivity contribution in [3.05, 3.63) is 24.3 Å². The smallest absolute Gasteiger partial charge is 0.241 e. The van der Waals surface area contributed by atoms with Gasteiger partial charge in [-0.25, -0.2) is 0 Å². The van der Waals surface area contributed by atoms with Crippen molar-refractivity contribution >= 4 is 17.3 Å². The van der Waals surface area contributed by atoms with E-state index in [1.165, 1.54) is 0 Å². The van der Waals surface area contributed by atoms with Crippen LogP contribution in [0.3, 0.4) is 0 Å². The molecule has 5 nitrogen and oxygen atoms in total. The molecule has 1 aliphatic heterocycles. The quantitative estimate of drug-likeness (QED) is 0.861. The Balaban J connectivity index is 2.03. The number of carbonyl (C=O) groups excluding carboxylic acids is 1. The second kappa shape index (κ2) is 6.72. The molecule has 0 bridgehead atoms. The van der Waals surface area contributed by atoms with Crippen LogP contribution in [-0.4, -0.2) is 57.1 Å². The Kier molecular flexibility index (Phi) is 4.98. The molecule has 1 unspecified atom stereocenters. The van der Waals surface area contributed by atoms with E-state index in [1.54, 1.807) is 0 Å². The van der Waals surface area contributed by atoms with Crippen LogP contribution in [0.2, 0.25) is 0 Å². The lowest BCUT2D eigenvalue weighted by molar-refractivity contribution is -0.120. The highest BCUT2D eigenvalue weighted by Crippen LogP contribution is 2.23. The molecule has 20 heavy (non-hydrogen) atoms. The number of hydrogen-bond acceptors (Lipinski definition) is 4. The summed E-state index contributed by atoms with van der Waals surface area (Å²) in [7, 11) is 3.95. The average Bonchev–Trinajstić information content (AvgIpc) is 2.47. The predicted octanol–water partition coefficient (Wildman–Crippen LogP) is 0.985. The van der Waals surface area contributed by atoms with Crippen LogP contribution >= 0.6 is 0 Å². The molecule has 1 amide bonds. The molecule has 1 aromatic carbocycles. The first kappa shape index (κ1) is 14.8. The van der Waals surface area contributed by atoms with Gasteiger partial charge in [-0.3, -0.25) is 9.69 Å². The van der Waals surface area contributed by atoms with Gasteiger partial charge in [0.25, 0.3) is 0 Å². The molecule has 2 N–H and O–H groups in total. The Morgan fingerprint density at radius 2 is 1.95 bits per heavy atom.